The van der Waals surface area contributed by atoms with Gasteiger partial charge in [0.15, 0.2) is 0 Å². The number of rotatable bonds is 5. The van der Waals surface area contributed by atoms with Crippen molar-refractivity contribution in [2.45, 2.75) is 25.7 Å². The lowest BCUT2D eigenvalue weighted by Crippen LogP contribution is -2.38. The van der Waals surface area contributed by atoms with Crippen LogP contribution in [-0.2, 0) is 11.2 Å². The molecule has 1 aromatic carbocycles. The minimum atomic E-state index is 0.0508. The van der Waals surface area contributed by atoms with E-state index in [9.17, 15) is 4.79 Å². The number of nitrogens with two attached hydrogens (primary N) is 1. The van der Waals surface area contributed by atoms with Crippen molar-refractivity contribution in [1.82, 2.24) is 10.2 Å². The molecule has 19 heavy (non-hydrogen) atoms. The maximum absolute atomic E-state index is 11.8. The summed E-state index contributed by atoms with van der Waals surface area (Å²) in [6.45, 7) is 4.02. The van der Waals surface area contributed by atoms with Crippen molar-refractivity contribution in [2.75, 3.05) is 31.9 Å². The minimum absolute atomic E-state index is 0.0508. The average molecular weight is 261 g/mol. The number of hydrogen-bond acceptors (Lipinski definition) is 3. The largest absolute Gasteiger partial charge is 0.398 e. The Morgan fingerprint density at radius 2 is 1.95 bits per heavy atom. The third kappa shape index (κ3) is 4.56. The summed E-state index contributed by atoms with van der Waals surface area (Å²) in [6, 6.07) is 7.52. The number of nitrogen functional groups attached to an aromatic ring is 1. The molecular weight excluding hydrogens is 238 g/mol. The molecule has 4 heteroatoms. The number of nitrogens with zero attached hydrogens (tertiary/aromatic N) is 1. The van der Waals surface area contributed by atoms with Crippen LogP contribution >= 0.6 is 0 Å². The van der Waals surface area contributed by atoms with Gasteiger partial charge in [-0.25, -0.2) is 0 Å². The maximum atomic E-state index is 11.8. The molecule has 0 aliphatic carbocycles. The molecule has 0 saturated carbocycles. The van der Waals surface area contributed by atoms with Gasteiger partial charge in [-0.05, 0) is 37.6 Å². The Morgan fingerprint density at radius 3 is 2.68 bits per heavy atom. The molecule has 2 rings (SSSR count). The van der Waals surface area contributed by atoms with Gasteiger partial charge in [0.25, 0.3) is 0 Å². The number of amides is 1. The Kier molecular flexibility index (Phi) is 5.21. The van der Waals surface area contributed by atoms with Crippen molar-refractivity contribution < 1.29 is 4.79 Å². The molecule has 0 bridgehead atoms. The van der Waals surface area contributed by atoms with E-state index in [2.05, 4.69) is 10.2 Å². The molecule has 0 atom stereocenters. The summed E-state index contributed by atoms with van der Waals surface area (Å²) in [5.41, 5.74) is 7.42. The standard InChI is InChI=1S/C15H23N3O/c16-14-7-3-2-6-13(14)12-15(19)17-8-11-18-9-4-1-5-10-18/h2-3,6-7H,1,4-5,8-12,16H2,(H,17,19). The van der Waals surface area contributed by atoms with Crippen molar-refractivity contribution in [3.05, 3.63) is 29.8 Å². The van der Waals surface area contributed by atoms with Gasteiger partial charge in [-0.2, -0.15) is 0 Å². The van der Waals surface area contributed by atoms with E-state index in [0.29, 0.717) is 12.1 Å². The number of nitrogens with one attached hydrogen (secondary N) is 1. The first-order valence-electron chi connectivity index (χ1n) is 7.08. The number of para-hydroxylation sites is 1. The maximum Gasteiger partial charge on any atom is 0.224 e. The van der Waals surface area contributed by atoms with E-state index in [-0.39, 0.29) is 5.91 Å². The predicted octanol–water partition coefficient (Wildman–Crippen LogP) is 1.41. The average Bonchev–Trinajstić information content (AvgIpc) is 2.43. The van der Waals surface area contributed by atoms with Crippen molar-refractivity contribution in [3.8, 4) is 0 Å². The lowest BCUT2D eigenvalue weighted by atomic mass is 10.1. The number of carbonyl (C=O) groups is 1. The molecule has 4 nitrogen and oxygen atoms in total. The van der Waals surface area contributed by atoms with Gasteiger partial charge in [0, 0.05) is 18.8 Å². The number of hydrogen-bond donors (Lipinski definition) is 2. The van der Waals surface area contributed by atoms with Crippen molar-refractivity contribution in [1.29, 1.82) is 0 Å². The van der Waals surface area contributed by atoms with Crippen LogP contribution in [0.15, 0.2) is 24.3 Å². The second-order valence-electron chi connectivity index (χ2n) is 5.13. The summed E-state index contributed by atoms with van der Waals surface area (Å²) < 4.78 is 0. The first-order chi connectivity index (χ1) is 9.25. The van der Waals surface area contributed by atoms with E-state index < -0.39 is 0 Å². The van der Waals surface area contributed by atoms with E-state index in [1.807, 2.05) is 24.3 Å². The van der Waals surface area contributed by atoms with Gasteiger partial charge in [-0.3, -0.25) is 4.79 Å². The number of piperidine rings is 1. The summed E-state index contributed by atoms with van der Waals surface area (Å²) in [4.78, 5) is 14.2. The fraction of sp³-hybridized carbons (Fsp3) is 0.533. The van der Waals surface area contributed by atoms with E-state index in [4.69, 9.17) is 5.73 Å². The Morgan fingerprint density at radius 1 is 1.21 bits per heavy atom. The highest BCUT2D eigenvalue weighted by atomic mass is 16.1. The van der Waals surface area contributed by atoms with Crippen LogP contribution in [0.25, 0.3) is 0 Å². The molecule has 1 saturated heterocycles. The Bertz CT molecular complexity index is 414. The summed E-state index contributed by atoms with van der Waals surface area (Å²) >= 11 is 0. The summed E-state index contributed by atoms with van der Waals surface area (Å²) in [5.74, 6) is 0.0508. The molecule has 0 unspecified atom stereocenters. The van der Waals surface area contributed by atoms with Gasteiger partial charge in [-0.15, -0.1) is 0 Å². The van der Waals surface area contributed by atoms with Crippen molar-refractivity contribution >= 4 is 11.6 Å². The molecule has 1 aliphatic heterocycles. The lowest BCUT2D eigenvalue weighted by molar-refractivity contribution is -0.120. The summed E-state index contributed by atoms with van der Waals surface area (Å²) in [6.07, 6.45) is 4.28. The fourth-order valence-corrected chi connectivity index (χ4v) is 2.47. The summed E-state index contributed by atoms with van der Waals surface area (Å²) in [7, 11) is 0. The Balaban J connectivity index is 1.68. The van der Waals surface area contributed by atoms with E-state index in [0.717, 1.165) is 18.7 Å². The third-order valence-electron chi connectivity index (χ3n) is 3.60. The van der Waals surface area contributed by atoms with E-state index in [1.54, 1.807) is 0 Å². The first-order valence-corrected chi connectivity index (χ1v) is 7.08. The van der Waals surface area contributed by atoms with Gasteiger partial charge >= 0.3 is 0 Å². The highest BCUT2D eigenvalue weighted by Crippen LogP contribution is 2.11. The summed E-state index contributed by atoms with van der Waals surface area (Å²) in [5, 5.41) is 2.97. The van der Waals surface area contributed by atoms with Crippen LogP contribution in [0.4, 0.5) is 5.69 Å². The number of carbonyl (C=O) groups excluding carboxylic acids is 1. The zero-order chi connectivity index (χ0) is 13.5. The van der Waals surface area contributed by atoms with Gasteiger partial charge in [0.1, 0.15) is 0 Å². The molecular formula is C15H23N3O. The fourth-order valence-electron chi connectivity index (χ4n) is 2.47. The molecule has 1 aromatic rings. The van der Waals surface area contributed by atoms with Gasteiger partial charge in [-0.1, -0.05) is 24.6 Å². The molecule has 104 valence electrons. The second-order valence-corrected chi connectivity index (χ2v) is 5.13. The molecule has 0 spiro atoms. The number of anilines is 1. The van der Waals surface area contributed by atoms with Gasteiger partial charge in [0.2, 0.25) is 5.91 Å². The molecule has 0 radical (unpaired) electrons. The zero-order valence-corrected chi connectivity index (χ0v) is 11.4. The van der Waals surface area contributed by atoms with Crippen LogP contribution in [-0.4, -0.2) is 37.0 Å². The van der Waals surface area contributed by atoms with Crippen LogP contribution in [0, 0.1) is 0 Å². The number of benzene rings is 1. The smallest absolute Gasteiger partial charge is 0.224 e. The molecule has 0 aromatic heterocycles. The molecule has 3 N–H and O–H groups in total. The van der Waals surface area contributed by atoms with Gasteiger partial charge in [0.05, 0.1) is 6.42 Å². The zero-order valence-electron chi connectivity index (χ0n) is 11.4. The predicted molar refractivity (Wildman–Crippen MR) is 77.9 cm³/mol. The van der Waals surface area contributed by atoms with Crippen LogP contribution < -0.4 is 11.1 Å². The SMILES string of the molecule is Nc1ccccc1CC(=O)NCCN1CCCCC1. The highest BCUT2D eigenvalue weighted by Gasteiger charge is 2.10. The van der Waals surface area contributed by atoms with E-state index in [1.165, 1.54) is 32.4 Å². The van der Waals surface area contributed by atoms with Crippen LogP contribution in [0.5, 0.6) is 0 Å². The Hall–Kier alpha value is -1.55. The Labute approximate surface area is 115 Å². The van der Waals surface area contributed by atoms with Crippen LogP contribution in [0.2, 0.25) is 0 Å². The van der Waals surface area contributed by atoms with Crippen LogP contribution in [0.3, 0.4) is 0 Å². The molecule has 1 fully saturated rings. The van der Waals surface area contributed by atoms with Crippen molar-refractivity contribution in [2.24, 2.45) is 0 Å². The quantitative estimate of drug-likeness (QED) is 0.788. The van der Waals surface area contributed by atoms with Crippen LogP contribution in [0.1, 0.15) is 24.8 Å². The number of likely N-dealkylation sites (tertiary alicyclic amines) is 1. The third-order valence-corrected chi connectivity index (χ3v) is 3.60. The molecule has 1 aliphatic rings. The van der Waals surface area contributed by atoms with Crippen molar-refractivity contribution in [3.63, 3.8) is 0 Å². The topological polar surface area (TPSA) is 58.4 Å². The molecule has 1 heterocycles. The first kappa shape index (κ1) is 13.9. The molecule has 1 amide bonds. The minimum Gasteiger partial charge on any atom is -0.398 e. The van der Waals surface area contributed by atoms with E-state index >= 15 is 0 Å². The monoisotopic (exact) mass is 261 g/mol. The highest BCUT2D eigenvalue weighted by molar-refractivity contribution is 5.80. The second kappa shape index (κ2) is 7.14. The van der Waals surface area contributed by atoms with Gasteiger partial charge < -0.3 is 16.0 Å². The normalized spacial score (nSPS) is 16.2. The lowest BCUT2D eigenvalue weighted by Gasteiger charge is -2.26.